The van der Waals surface area contributed by atoms with E-state index in [9.17, 15) is 10.1 Å². The lowest BCUT2D eigenvalue weighted by Gasteiger charge is -2.33. The standard InChI is InChI=1S/C22H22N4O4/c1-22(2)9-8-14-10-16(20(29-3)12-19(14)30-22)18-11-17(24-21(23)25-18)13-4-6-15(7-5-13)26(27)28/h4-7,10-12H,8-9H2,1-3H3,(H2,23,24,25). The number of nitrogen functional groups attached to an aromatic ring is 1. The maximum Gasteiger partial charge on any atom is 0.269 e. The topological polar surface area (TPSA) is 113 Å². The van der Waals surface area contributed by atoms with Crippen LogP contribution in [0.25, 0.3) is 22.5 Å². The van der Waals surface area contributed by atoms with Crippen LogP contribution in [-0.4, -0.2) is 27.6 Å². The molecule has 2 heterocycles. The molecule has 154 valence electrons. The molecule has 0 fully saturated rings. The molecule has 4 rings (SSSR count). The number of hydrogen-bond acceptors (Lipinski definition) is 7. The number of rotatable bonds is 4. The summed E-state index contributed by atoms with van der Waals surface area (Å²) in [6.45, 7) is 4.13. The molecule has 30 heavy (non-hydrogen) atoms. The van der Waals surface area contributed by atoms with Gasteiger partial charge in [0.05, 0.1) is 23.4 Å². The molecule has 8 heteroatoms. The average molecular weight is 406 g/mol. The van der Waals surface area contributed by atoms with Crippen LogP contribution in [0.2, 0.25) is 0 Å². The Morgan fingerprint density at radius 3 is 2.50 bits per heavy atom. The fraction of sp³-hybridized carbons (Fsp3) is 0.273. The molecule has 1 aliphatic heterocycles. The Bertz CT molecular complexity index is 1130. The molecule has 2 N–H and O–H groups in total. The summed E-state index contributed by atoms with van der Waals surface area (Å²) >= 11 is 0. The zero-order valence-corrected chi connectivity index (χ0v) is 17.0. The molecule has 0 unspecified atom stereocenters. The van der Waals surface area contributed by atoms with Gasteiger partial charge in [-0.1, -0.05) is 0 Å². The number of aromatic nitrogens is 2. The molecule has 3 aromatic rings. The summed E-state index contributed by atoms with van der Waals surface area (Å²) in [4.78, 5) is 19.2. The number of nitrogens with two attached hydrogens (primary N) is 1. The lowest BCUT2D eigenvalue weighted by molar-refractivity contribution is -0.384. The Balaban J connectivity index is 1.78. The van der Waals surface area contributed by atoms with Crippen molar-refractivity contribution in [1.82, 2.24) is 9.97 Å². The SMILES string of the molecule is COc1cc2c(cc1-c1cc(-c3ccc([N+](=O)[O-])cc3)nc(N)n1)CCC(C)(C)O2. The maximum atomic E-state index is 10.9. The molecule has 0 atom stereocenters. The number of nitrogens with zero attached hydrogens (tertiary/aromatic N) is 3. The van der Waals surface area contributed by atoms with E-state index in [0.717, 1.165) is 29.7 Å². The third-order valence-corrected chi connectivity index (χ3v) is 5.16. The Morgan fingerprint density at radius 2 is 1.83 bits per heavy atom. The first kappa shape index (κ1) is 19.6. The van der Waals surface area contributed by atoms with Crippen LogP contribution >= 0.6 is 0 Å². The van der Waals surface area contributed by atoms with E-state index in [4.69, 9.17) is 15.2 Å². The van der Waals surface area contributed by atoms with Crippen molar-refractivity contribution in [3.8, 4) is 34.0 Å². The first-order chi connectivity index (χ1) is 14.3. The molecule has 0 spiro atoms. The summed E-state index contributed by atoms with van der Waals surface area (Å²) < 4.78 is 11.7. The molecule has 0 radical (unpaired) electrons. The Hall–Kier alpha value is -3.68. The quantitative estimate of drug-likeness (QED) is 0.504. The normalized spacial score (nSPS) is 14.5. The van der Waals surface area contributed by atoms with E-state index in [1.54, 1.807) is 25.3 Å². The van der Waals surface area contributed by atoms with E-state index in [1.807, 2.05) is 12.1 Å². The predicted octanol–water partition coefficient (Wildman–Crippen LogP) is 4.41. The Labute approximate surface area is 173 Å². The fourth-order valence-corrected chi connectivity index (χ4v) is 3.56. The van der Waals surface area contributed by atoms with Crippen molar-refractivity contribution in [2.24, 2.45) is 0 Å². The van der Waals surface area contributed by atoms with Gasteiger partial charge in [0.25, 0.3) is 5.69 Å². The molecular formula is C22H22N4O4. The highest BCUT2D eigenvalue weighted by Crippen LogP contribution is 2.41. The van der Waals surface area contributed by atoms with Crippen LogP contribution < -0.4 is 15.2 Å². The summed E-state index contributed by atoms with van der Waals surface area (Å²) in [7, 11) is 1.60. The van der Waals surface area contributed by atoms with Crippen molar-refractivity contribution in [3.05, 3.63) is 58.1 Å². The minimum atomic E-state index is -0.440. The highest BCUT2D eigenvalue weighted by Gasteiger charge is 2.28. The number of ether oxygens (including phenoxy) is 2. The van der Waals surface area contributed by atoms with Crippen molar-refractivity contribution in [1.29, 1.82) is 0 Å². The van der Waals surface area contributed by atoms with Crippen molar-refractivity contribution in [3.63, 3.8) is 0 Å². The summed E-state index contributed by atoms with van der Waals surface area (Å²) in [6.07, 6.45) is 1.79. The second-order valence-corrected chi connectivity index (χ2v) is 7.82. The second-order valence-electron chi connectivity index (χ2n) is 7.82. The van der Waals surface area contributed by atoms with Gasteiger partial charge in [-0.3, -0.25) is 10.1 Å². The number of hydrogen-bond donors (Lipinski definition) is 1. The minimum absolute atomic E-state index is 0.0142. The third kappa shape index (κ3) is 3.76. The molecule has 0 bridgehead atoms. The number of fused-ring (bicyclic) bond motifs is 1. The zero-order chi connectivity index (χ0) is 21.5. The molecule has 0 aliphatic carbocycles. The average Bonchev–Trinajstić information content (AvgIpc) is 2.71. The van der Waals surface area contributed by atoms with Gasteiger partial charge in [-0.15, -0.1) is 0 Å². The molecular weight excluding hydrogens is 384 g/mol. The maximum absolute atomic E-state index is 10.9. The summed E-state index contributed by atoms with van der Waals surface area (Å²) in [5.74, 6) is 1.54. The van der Waals surface area contributed by atoms with Crippen LogP contribution in [0.5, 0.6) is 11.5 Å². The van der Waals surface area contributed by atoms with Gasteiger partial charge in [-0.2, -0.15) is 0 Å². The molecule has 1 aromatic heterocycles. The highest BCUT2D eigenvalue weighted by molar-refractivity contribution is 5.75. The zero-order valence-electron chi connectivity index (χ0n) is 17.0. The summed E-state index contributed by atoms with van der Waals surface area (Å²) in [5, 5.41) is 10.9. The van der Waals surface area contributed by atoms with E-state index >= 15 is 0 Å². The van der Waals surface area contributed by atoms with Gasteiger partial charge in [-0.25, -0.2) is 9.97 Å². The van der Waals surface area contributed by atoms with Gasteiger partial charge in [0, 0.05) is 29.3 Å². The van der Waals surface area contributed by atoms with E-state index < -0.39 is 4.92 Å². The second kappa shape index (κ2) is 7.29. The molecule has 1 aliphatic rings. The number of methoxy groups -OCH3 is 1. The monoisotopic (exact) mass is 406 g/mol. The largest absolute Gasteiger partial charge is 0.496 e. The first-order valence-corrected chi connectivity index (χ1v) is 9.55. The van der Waals surface area contributed by atoms with Crippen molar-refractivity contribution in [2.45, 2.75) is 32.3 Å². The van der Waals surface area contributed by atoms with Gasteiger partial charge in [0.1, 0.15) is 17.1 Å². The Kier molecular flexibility index (Phi) is 4.77. The molecule has 0 saturated carbocycles. The van der Waals surface area contributed by atoms with Gasteiger partial charge in [0.15, 0.2) is 0 Å². The Morgan fingerprint density at radius 1 is 1.13 bits per heavy atom. The van der Waals surface area contributed by atoms with Gasteiger partial charge in [0.2, 0.25) is 5.95 Å². The van der Waals surface area contributed by atoms with Crippen LogP contribution in [0, 0.1) is 10.1 Å². The van der Waals surface area contributed by atoms with Crippen LogP contribution in [0.1, 0.15) is 25.8 Å². The van der Waals surface area contributed by atoms with Crippen molar-refractivity contribution < 1.29 is 14.4 Å². The number of non-ortho nitro benzene ring substituents is 1. The molecule has 0 amide bonds. The first-order valence-electron chi connectivity index (χ1n) is 9.55. The van der Waals surface area contributed by atoms with Crippen molar-refractivity contribution in [2.75, 3.05) is 12.8 Å². The van der Waals surface area contributed by atoms with Gasteiger partial charge >= 0.3 is 0 Å². The van der Waals surface area contributed by atoms with Crippen LogP contribution in [0.4, 0.5) is 11.6 Å². The van der Waals surface area contributed by atoms with Crippen LogP contribution in [0.3, 0.4) is 0 Å². The fourth-order valence-electron chi connectivity index (χ4n) is 3.56. The van der Waals surface area contributed by atoms with Crippen LogP contribution in [0.15, 0.2) is 42.5 Å². The van der Waals surface area contributed by atoms with Gasteiger partial charge < -0.3 is 15.2 Å². The lowest BCUT2D eigenvalue weighted by atomic mass is 9.92. The highest BCUT2D eigenvalue weighted by atomic mass is 16.6. The number of aryl methyl sites for hydroxylation is 1. The van der Waals surface area contributed by atoms with Crippen molar-refractivity contribution >= 4 is 11.6 Å². The number of nitro benzene ring substituents is 1. The summed E-state index contributed by atoms with van der Waals surface area (Å²) in [5.41, 5.74) is 9.54. The number of nitro groups is 1. The number of anilines is 1. The molecule has 2 aromatic carbocycles. The molecule has 8 nitrogen and oxygen atoms in total. The number of benzene rings is 2. The van der Waals surface area contributed by atoms with Crippen LogP contribution in [-0.2, 0) is 6.42 Å². The third-order valence-electron chi connectivity index (χ3n) is 5.16. The van der Waals surface area contributed by atoms with E-state index in [-0.39, 0.29) is 17.2 Å². The summed E-state index contributed by atoms with van der Waals surface area (Å²) in [6, 6.07) is 11.9. The minimum Gasteiger partial charge on any atom is -0.496 e. The lowest BCUT2D eigenvalue weighted by Crippen LogP contribution is -2.32. The van der Waals surface area contributed by atoms with E-state index in [2.05, 4.69) is 23.8 Å². The van der Waals surface area contributed by atoms with E-state index in [1.165, 1.54) is 12.1 Å². The predicted molar refractivity (Wildman–Crippen MR) is 114 cm³/mol. The molecule has 0 saturated heterocycles. The van der Waals surface area contributed by atoms with Gasteiger partial charge in [-0.05, 0) is 56.5 Å². The van der Waals surface area contributed by atoms with E-state index in [0.29, 0.717) is 22.7 Å². The smallest absolute Gasteiger partial charge is 0.269 e.